The number of carbonyl (C=O) groups excluding carboxylic acids is 3. The summed E-state index contributed by atoms with van der Waals surface area (Å²) in [7, 11) is 1.42. The number of benzene rings is 2. The highest BCUT2D eigenvalue weighted by atomic mass is 16.5. The third kappa shape index (κ3) is 3.53. The molecule has 0 unspecified atom stereocenters. The van der Waals surface area contributed by atoms with E-state index in [0.717, 1.165) is 54.6 Å². The van der Waals surface area contributed by atoms with E-state index in [1.807, 2.05) is 0 Å². The molecular formula is C28H25N3O6. The van der Waals surface area contributed by atoms with E-state index >= 15 is 0 Å². The molecule has 0 aliphatic carbocycles. The molecule has 4 amide bonds. The summed E-state index contributed by atoms with van der Waals surface area (Å²) in [6.45, 7) is 3.79. The van der Waals surface area contributed by atoms with Gasteiger partial charge in [0.15, 0.2) is 0 Å². The van der Waals surface area contributed by atoms with Crippen molar-refractivity contribution in [2.75, 3.05) is 30.0 Å². The fraction of sp³-hybridized carbons (Fsp3) is 0.286. The fourth-order valence-corrected chi connectivity index (χ4v) is 5.67. The van der Waals surface area contributed by atoms with Crippen LogP contribution in [0, 0.1) is 6.92 Å². The van der Waals surface area contributed by atoms with Crippen molar-refractivity contribution in [1.82, 2.24) is 5.32 Å². The van der Waals surface area contributed by atoms with Gasteiger partial charge in [0.1, 0.15) is 16.9 Å². The predicted octanol–water partition coefficient (Wildman–Crippen LogP) is 3.48. The minimum absolute atomic E-state index is 0.107. The number of nitrogens with zero attached hydrogens (tertiary/aromatic N) is 2. The number of methoxy groups -OCH3 is 1. The molecule has 1 N–H and O–H groups in total. The van der Waals surface area contributed by atoms with Crippen LogP contribution in [0.2, 0.25) is 0 Å². The summed E-state index contributed by atoms with van der Waals surface area (Å²) >= 11 is 0. The van der Waals surface area contributed by atoms with Crippen LogP contribution in [0.3, 0.4) is 0 Å². The van der Waals surface area contributed by atoms with Gasteiger partial charge < -0.3 is 14.1 Å². The van der Waals surface area contributed by atoms with Crippen molar-refractivity contribution in [3.63, 3.8) is 0 Å². The molecule has 1 aromatic heterocycles. The summed E-state index contributed by atoms with van der Waals surface area (Å²) in [5, 5.41) is 2.99. The second kappa shape index (κ2) is 8.62. The SMILES string of the molecule is COc1ccccc1N1C(=O)NC(=O)C(=Cc2c(C)c3cc4c5c(c3oc2=O)CCCN5CCC4)C1=O. The Bertz CT molecular complexity index is 1600. The average molecular weight is 500 g/mol. The Labute approximate surface area is 212 Å². The normalized spacial score (nSPS) is 18.3. The third-order valence-electron chi connectivity index (χ3n) is 7.41. The summed E-state index contributed by atoms with van der Waals surface area (Å²) in [6, 6.07) is 7.66. The first-order valence-corrected chi connectivity index (χ1v) is 12.3. The number of aryl methyl sites for hydroxylation is 3. The first-order valence-electron chi connectivity index (χ1n) is 12.3. The number of hydrogen-bond donors (Lipinski definition) is 1. The van der Waals surface area contributed by atoms with Crippen molar-refractivity contribution < 1.29 is 23.5 Å². The lowest BCUT2D eigenvalue weighted by Crippen LogP contribution is -2.54. The van der Waals surface area contributed by atoms with Crippen molar-refractivity contribution in [2.45, 2.75) is 32.6 Å². The molecule has 2 aromatic carbocycles. The number of ether oxygens (including phenoxy) is 1. The summed E-state index contributed by atoms with van der Waals surface area (Å²) in [4.78, 5) is 55.2. The van der Waals surface area contributed by atoms with Crippen molar-refractivity contribution in [3.05, 3.63) is 68.6 Å². The first kappa shape index (κ1) is 23.0. The molecule has 0 radical (unpaired) electrons. The molecule has 9 heteroatoms. The van der Waals surface area contributed by atoms with Crippen LogP contribution in [0.5, 0.6) is 5.75 Å². The number of para-hydroxylation sites is 2. The van der Waals surface area contributed by atoms with Crippen LogP contribution in [-0.2, 0) is 22.4 Å². The van der Waals surface area contributed by atoms with Gasteiger partial charge in [0.2, 0.25) is 0 Å². The van der Waals surface area contributed by atoms with Gasteiger partial charge in [0.05, 0.1) is 18.4 Å². The number of amides is 4. The van der Waals surface area contributed by atoms with Crippen LogP contribution in [0.4, 0.5) is 16.2 Å². The standard InChI is InChI=1S/C28H25N3O6/c1-15-18-13-16-7-5-11-30-12-6-8-17(23(16)30)24(18)37-27(34)19(15)14-20-25(32)29-28(35)31(26(20)33)21-9-3-4-10-22(21)36-2/h3-4,9-10,13-14H,5-8,11-12H2,1-2H3,(H,29,32,35). The van der Waals surface area contributed by atoms with Crippen molar-refractivity contribution in [1.29, 1.82) is 0 Å². The quantitative estimate of drug-likeness (QED) is 0.334. The Morgan fingerprint density at radius 3 is 2.59 bits per heavy atom. The third-order valence-corrected chi connectivity index (χ3v) is 7.41. The molecule has 3 aliphatic heterocycles. The number of carbonyl (C=O) groups is 3. The number of rotatable bonds is 3. The van der Waals surface area contributed by atoms with Gasteiger partial charge in [-0.3, -0.25) is 14.9 Å². The van der Waals surface area contributed by atoms with Crippen LogP contribution in [0.1, 0.15) is 35.1 Å². The second-order valence-corrected chi connectivity index (χ2v) is 9.49. The number of urea groups is 1. The van der Waals surface area contributed by atoms with Crippen LogP contribution >= 0.6 is 0 Å². The zero-order valence-corrected chi connectivity index (χ0v) is 20.6. The van der Waals surface area contributed by atoms with Gasteiger partial charge in [-0.1, -0.05) is 12.1 Å². The van der Waals surface area contributed by atoms with Crippen LogP contribution in [0.15, 0.2) is 45.1 Å². The predicted molar refractivity (Wildman–Crippen MR) is 138 cm³/mol. The summed E-state index contributed by atoms with van der Waals surface area (Å²) < 4.78 is 11.1. The Morgan fingerprint density at radius 2 is 1.81 bits per heavy atom. The molecule has 1 saturated heterocycles. The zero-order valence-electron chi connectivity index (χ0n) is 20.6. The Balaban J connectivity index is 1.50. The summed E-state index contributed by atoms with van der Waals surface area (Å²) in [6.07, 6.45) is 5.05. The van der Waals surface area contributed by atoms with E-state index in [4.69, 9.17) is 9.15 Å². The topological polar surface area (TPSA) is 109 Å². The summed E-state index contributed by atoms with van der Waals surface area (Å²) in [5.41, 5.74) is 3.97. The summed E-state index contributed by atoms with van der Waals surface area (Å²) in [5.74, 6) is -1.45. The Morgan fingerprint density at radius 1 is 1.05 bits per heavy atom. The molecular weight excluding hydrogens is 474 g/mol. The lowest BCUT2D eigenvalue weighted by molar-refractivity contribution is -0.122. The molecule has 3 aliphatic rings. The number of barbiturate groups is 1. The molecule has 188 valence electrons. The monoisotopic (exact) mass is 499 g/mol. The van der Waals surface area contributed by atoms with Crippen molar-refractivity contribution in [2.24, 2.45) is 0 Å². The number of fused-ring (bicyclic) bond motifs is 2. The maximum Gasteiger partial charge on any atom is 0.343 e. The van der Waals surface area contributed by atoms with Gasteiger partial charge >= 0.3 is 11.7 Å². The van der Waals surface area contributed by atoms with Gasteiger partial charge in [-0.2, -0.15) is 0 Å². The molecule has 0 bridgehead atoms. The van der Waals surface area contributed by atoms with Gasteiger partial charge in [-0.15, -0.1) is 0 Å². The molecule has 0 spiro atoms. The number of anilines is 2. The van der Waals surface area contributed by atoms with E-state index < -0.39 is 23.5 Å². The van der Waals surface area contributed by atoms with Crippen LogP contribution < -0.4 is 25.5 Å². The van der Waals surface area contributed by atoms with Gasteiger partial charge in [0, 0.05) is 29.7 Å². The van der Waals surface area contributed by atoms with E-state index in [-0.39, 0.29) is 22.6 Å². The van der Waals surface area contributed by atoms with Crippen molar-refractivity contribution in [3.8, 4) is 5.75 Å². The number of hydrogen-bond acceptors (Lipinski definition) is 7. The molecule has 4 heterocycles. The molecule has 0 atom stereocenters. The minimum atomic E-state index is -0.894. The highest BCUT2D eigenvalue weighted by molar-refractivity contribution is 6.39. The van der Waals surface area contributed by atoms with Gasteiger partial charge in [0.25, 0.3) is 11.8 Å². The van der Waals surface area contributed by atoms with E-state index in [9.17, 15) is 19.2 Å². The minimum Gasteiger partial charge on any atom is -0.495 e. The molecule has 3 aromatic rings. The molecule has 0 saturated carbocycles. The molecule has 9 nitrogen and oxygen atoms in total. The Kier molecular flexibility index (Phi) is 5.36. The molecule has 37 heavy (non-hydrogen) atoms. The van der Waals surface area contributed by atoms with Crippen LogP contribution in [-0.4, -0.2) is 38.0 Å². The molecule has 1 fully saturated rings. The van der Waals surface area contributed by atoms with Gasteiger partial charge in [-0.25, -0.2) is 14.5 Å². The maximum absolute atomic E-state index is 13.4. The fourth-order valence-electron chi connectivity index (χ4n) is 5.67. The van der Waals surface area contributed by atoms with E-state index in [0.29, 0.717) is 11.1 Å². The average Bonchev–Trinajstić information content (AvgIpc) is 2.89. The first-order chi connectivity index (χ1) is 17.9. The van der Waals surface area contributed by atoms with Crippen LogP contribution in [0.25, 0.3) is 17.0 Å². The smallest absolute Gasteiger partial charge is 0.343 e. The maximum atomic E-state index is 13.4. The second-order valence-electron chi connectivity index (χ2n) is 9.49. The zero-order chi connectivity index (χ0) is 25.8. The number of imide groups is 2. The lowest BCUT2D eigenvalue weighted by Gasteiger charge is -2.37. The van der Waals surface area contributed by atoms with E-state index in [1.54, 1.807) is 25.1 Å². The lowest BCUT2D eigenvalue weighted by atomic mass is 9.88. The van der Waals surface area contributed by atoms with E-state index in [1.165, 1.54) is 30.5 Å². The highest BCUT2D eigenvalue weighted by Gasteiger charge is 2.38. The highest BCUT2D eigenvalue weighted by Crippen LogP contribution is 2.41. The molecule has 6 rings (SSSR count). The Hall–Kier alpha value is -4.40. The number of nitrogens with one attached hydrogen (secondary N) is 1. The van der Waals surface area contributed by atoms with Gasteiger partial charge in [-0.05, 0) is 68.0 Å². The largest absolute Gasteiger partial charge is 0.495 e. The van der Waals surface area contributed by atoms with E-state index in [2.05, 4.69) is 16.3 Å². The van der Waals surface area contributed by atoms with Crippen molar-refractivity contribution >= 4 is 46.3 Å².